The summed E-state index contributed by atoms with van der Waals surface area (Å²) in [5, 5.41) is 8.50. The number of hydrogen-bond acceptors (Lipinski definition) is 5. The van der Waals surface area contributed by atoms with Crippen molar-refractivity contribution in [3.05, 3.63) is 92.9 Å². The molecule has 0 saturated carbocycles. The van der Waals surface area contributed by atoms with Gasteiger partial charge in [-0.05, 0) is 35.2 Å². The maximum absolute atomic E-state index is 14.3. The molecule has 1 aliphatic heterocycles. The number of thiophene rings is 1. The van der Waals surface area contributed by atoms with Gasteiger partial charge in [0.05, 0.1) is 28.8 Å². The summed E-state index contributed by atoms with van der Waals surface area (Å²) in [5.41, 5.74) is 1.45. The summed E-state index contributed by atoms with van der Waals surface area (Å²) in [7, 11) is 1.50. The van der Waals surface area contributed by atoms with E-state index in [1.165, 1.54) is 46.6 Å². The summed E-state index contributed by atoms with van der Waals surface area (Å²) in [6.07, 6.45) is 0.495. The first kappa shape index (κ1) is 24.1. The van der Waals surface area contributed by atoms with Crippen LogP contribution in [0.5, 0.6) is 0 Å². The minimum absolute atomic E-state index is 0.0988. The molecule has 2 aromatic carbocycles. The van der Waals surface area contributed by atoms with Crippen molar-refractivity contribution in [2.75, 3.05) is 26.8 Å². The van der Waals surface area contributed by atoms with Crippen LogP contribution in [0, 0.1) is 5.82 Å². The van der Waals surface area contributed by atoms with Gasteiger partial charge in [0, 0.05) is 25.1 Å². The zero-order valence-corrected chi connectivity index (χ0v) is 20.1. The highest BCUT2D eigenvalue weighted by atomic mass is 35.5. The molecule has 1 unspecified atom stereocenters. The van der Waals surface area contributed by atoms with Crippen molar-refractivity contribution in [2.45, 2.75) is 12.5 Å². The fraction of sp³-hybridized carbons (Fsp3) is 0.240. The van der Waals surface area contributed by atoms with Gasteiger partial charge in [-0.15, -0.1) is 11.3 Å². The maximum atomic E-state index is 14.3. The number of carbonyl (C=O) groups excluding carboxylic acids is 2. The normalized spacial score (nSPS) is 15.3. The molecular weight excluding hydrogens is 477 g/mol. The summed E-state index contributed by atoms with van der Waals surface area (Å²) in [6, 6.07) is 16.5. The van der Waals surface area contributed by atoms with Crippen LogP contribution in [-0.4, -0.2) is 54.2 Å². The van der Waals surface area contributed by atoms with Gasteiger partial charge < -0.3 is 9.64 Å². The molecule has 1 atom stereocenters. The van der Waals surface area contributed by atoms with Crippen LogP contribution < -0.4 is 0 Å². The molecule has 176 valence electrons. The van der Waals surface area contributed by atoms with Gasteiger partial charge >= 0.3 is 0 Å². The minimum atomic E-state index is -0.643. The van der Waals surface area contributed by atoms with E-state index in [1.54, 1.807) is 12.1 Å². The highest BCUT2D eigenvalue weighted by molar-refractivity contribution is 7.12. The molecule has 2 heterocycles. The van der Waals surface area contributed by atoms with Crippen LogP contribution >= 0.6 is 22.9 Å². The number of ether oxygens (including phenoxy) is 1. The predicted octanol–water partition coefficient (Wildman–Crippen LogP) is 5.01. The van der Waals surface area contributed by atoms with E-state index in [4.69, 9.17) is 16.3 Å². The number of methoxy groups -OCH3 is 1. The van der Waals surface area contributed by atoms with Crippen LogP contribution in [-0.2, 0) is 9.53 Å². The van der Waals surface area contributed by atoms with Crippen LogP contribution in [0.4, 0.5) is 4.39 Å². The van der Waals surface area contributed by atoms with Gasteiger partial charge in [-0.1, -0.05) is 48.0 Å². The number of hydrogen-bond donors (Lipinski definition) is 0. The quantitative estimate of drug-likeness (QED) is 0.438. The Bertz CT molecular complexity index is 1200. The minimum Gasteiger partial charge on any atom is -0.383 e. The Morgan fingerprint density at radius 3 is 2.65 bits per heavy atom. The van der Waals surface area contributed by atoms with Gasteiger partial charge in [0.25, 0.3) is 11.8 Å². The highest BCUT2D eigenvalue weighted by Gasteiger charge is 2.35. The molecule has 0 fully saturated rings. The third kappa shape index (κ3) is 5.19. The van der Waals surface area contributed by atoms with Crippen molar-refractivity contribution >= 4 is 40.5 Å². The number of hydrazone groups is 1. The number of halogens is 2. The summed E-state index contributed by atoms with van der Waals surface area (Å²) in [6.45, 7) is 0.0470. The Kier molecular flexibility index (Phi) is 7.72. The van der Waals surface area contributed by atoms with Crippen molar-refractivity contribution in [1.82, 2.24) is 9.91 Å². The lowest BCUT2D eigenvalue weighted by Gasteiger charge is -2.27. The Balaban J connectivity index is 1.63. The SMILES string of the molecule is COCCN(CC(=O)N1N=C(c2cccs2)CC1c1ccccc1Cl)C(=O)c1ccccc1F. The lowest BCUT2D eigenvalue weighted by atomic mass is 10.0. The average Bonchev–Trinajstić information content (AvgIpc) is 3.52. The second kappa shape index (κ2) is 10.9. The molecule has 3 aromatic rings. The molecule has 0 aliphatic carbocycles. The number of rotatable bonds is 8. The first-order valence-corrected chi connectivity index (χ1v) is 12.0. The molecule has 6 nitrogen and oxygen atoms in total. The van der Waals surface area contributed by atoms with Gasteiger partial charge in [-0.2, -0.15) is 5.10 Å². The van der Waals surface area contributed by atoms with Gasteiger partial charge in [0.2, 0.25) is 0 Å². The van der Waals surface area contributed by atoms with E-state index in [1.807, 2.05) is 35.7 Å². The number of carbonyl (C=O) groups is 2. The first-order valence-electron chi connectivity index (χ1n) is 10.7. The fourth-order valence-corrected chi connectivity index (χ4v) is 4.80. The van der Waals surface area contributed by atoms with Crippen molar-refractivity contribution in [2.24, 2.45) is 5.10 Å². The second-order valence-electron chi connectivity index (χ2n) is 7.70. The molecule has 34 heavy (non-hydrogen) atoms. The summed E-state index contributed by atoms with van der Waals surface area (Å²) in [5.74, 6) is -1.62. The molecule has 9 heteroatoms. The van der Waals surface area contributed by atoms with E-state index in [-0.39, 0.29) is 25.3 Å². The van der Waals surface area contributed by atoms with Gasteiger partial charge in [0.15, 0.2) is 0 Å². The zero-order chi connectivity index (χ0) is 24.1. The van der Waals surface area contributed by atoms with Crippen LogP contribution in [0.15, 0.2) is 71.1 Å². The summed E-state index contributed by atoms with van der Waals surface area (Å²) >= 11 is 8.00. The van der Waals surface area contributed by atoms with E-state index in [9.17, 15) is 14.0 Å². The van der Waals surface area contributed by atoms with E-state index < -0.39 is 23.7 Å². The predicted molar refractivity (Wildman–Crippen MR) is 131 cm³/mol. The van der Waals surface area contributed by atoms with Crippen molar-refractivity contribution in [3.8, 4) is 0 Å². The monoisotopic (exact) mass is 499 g/mol. The largest absolute Gasteiger partial charge is 0.383 e. The molecule has 0 N–H and O–H groups in total. The molecule has 0 bridgehead atoms. The number of benzene rings is 2. The Morgan fingerprint density at radius 2 is 1.94 bits per heavy atom. The Morgan fingerprint density at radius 1 is 1.18 bits per heavy atom. The molecule has 2 amide bonds. The lowest BCUT2D eigenvalue weighted by molar-refractivity contribution is -0.133. The molecular formula is C25H23ClFN3O3S. The summed E-state index contributed by atoms with van der Waals surface area (Å²) < 4.78 is 19.4. The lowest BCUT2D eigenvalue weighted by Crippen LogP contribution is -2.43. The molecule has 0 saturated heterocycles. The number of amides is 2. The van der Waals surface area contributed by atoms with Gasteiger partial charge in [-0.3, -0.25) is 9.59 Å². The third-order valence-corrected chi connectivity index (χ3v) is 6.78. The van der Waals surface area contributed by atoms with E-state index in [2.05, 4.69) is 5.10 Å². The first-order chi connectivity index (χ1) is 16.5. The molecule has 4 rings (SSSR count). The van der Waals surface area contributed by atoms with E-state index in [0.717, 1.165) is 16.2 Å². The van der Waals surface area contributed by atoms with Gasteiger partial charge in [-0.25, -0.2) is 9.40 Å². The Labute approximate surface area is 206 Å². The molecule has 1 aliphatic rings. The maximum Gasteiger partial charge on any atom is 0.262 e. The van der Waals surface area contributed by atoms with Crippen LogP contribution in [0.1, 0.15) is 33.3 Å². The van der Waals surface area contributed by atoms with Crippen LogP contribution in [0.25, 0.3) is 0 Å². The Hall–Kier alpha value is -3.07. The third-order valence-electron chi connectivity index (χ3n) is 5.52. The standard InChI is InChI=1S/C25H23ClFN3O3S/c1-33-13-12-29(25(32)18-8-3-5-10-20(18)27)16-24(31)30-22(17-7-2-4-9-19(17)26)15-21(28-30)23-11-6-14-34-23/h2-11,14,22H,12-13,15-16H2,1H3. The molecule has 1 aromatic heterocycles. The molecule has 0 radical (unpaired) electrons. The van der Waals surface area contributed by atoms with Crippen LogP contribution in [0.3, 0.4) is 0 Å². The van der Waals surface area contributed by atoms with Crippen molar-refractivity contribution in [1.29, 1.82) is 0 Å². The second-order valence-corrected chi connectivity index (χ2v) is 9.06. The van der Waals surface area contributed by atoms with Crippen molar-refractivity contribution in [3.63, 3.8) is 0 Å². The topological polar surface area (TPSA) is 62.2 Å². The average molecular weight is 500 g/mol. The zero-order valence-electron chi connectivity index (χ0n) is 18.5. The van der Waals surface area contributed by atoms with Crippen LogP contribution in [0.2, 0.25) is 5.02 Å². The smallest absolute Gasteiger partial charge is 0.262 e. The van der Waals surface area contributed by atoms with E-state index >= 15 is 0 Å². The fourth-order valence-electron chi connectivity index (χ4n) is 3.81. The van der Waals surface area contributed by atoms with Gasteiger partial charge in [0.1, 0.15) is 12.4 Å². The molecule has 0 spiro atoms. The van der Waals surface area contributed by atoms with E-state index in [0.29, 0.717) is 11.4 Å². The highest BCUT2D eigenvalue weighted by Crippen LogP contribution is 2.37. The number of nitrogens with zero attached hydrogens (tertiary/aromatic N) is 3. The van der Waals surface area contributed by atoms with Crippen molar-refractivity contribution < 1.29 is 18.7 Å². The summed E-state index contributed by atoms with van der Waals surface area (Å²) in [4.78, 5) is 28.8.